The van der Waals surface area contributed by atoms with Gasteiger partial charge in [-0.3, -0.25) is 14.6 Å². The number of carbonyl (C=O) groups excluding carboxylic acids is 2. The van der Waals surface area contributed by atoms with Gasteiger partial charge in [0.1, 0.15) is 11.6 Å². The largest absolute Gasteiger partial charge is 0.341 e. The van der Waals surface area contributed by atoms with Crippen molar-refractivity contribution in [3.05, 3.63) is 59.4 Å². The highest BCUT2D eigenvalue weighted by atomic mass is 19.1. The van der Waals surface area contributed by atoms with Crippen LogP contribution in [0.4, 0.5) is 14.5 Å². The third-order valence-electron chi connectivity index (χ3n) is 3.54. The Balaban J connectivity index is 2.10. The van der Waals surface area contributed by atoms with Crippen LogP contribution in [0.15, 0.2) is 36.7 Å². The second kappa shape index (κ2) is 7.63. The van der Waals surface area contributed by atoms with Gasteiger partial charge in [0.25, 0.3) is 0 Å². The van der Waals surface area contributed by atoms with Crippen LogP contribution in [0.2, 0.25) is 0 Å². The zero-order valence-corrected chi connectivity index (χ0v) is 13.3. The Morgan fingerprint density at radius 1 is 1.21 bits per heavy atom. The van der Waals surface area contributed by atoms with Gasteiger partial charge < -0.3 is 10.6 Å². The minimum Gasteiger partial charge on any atom is -0.341 e. The van der Waals surface area contributed by atoms with Gasteiger partial charge in [0.05, 0.1) is 17.9 Å². The maximum absolute atomic E-state index is 13.8. The molecule has 2 rings (SSSR count). The van der Waals surface area contributed by atoms with Gasteiger partial charge in [-0.25, -0.2) is 8.78 Å². The number of nitrogens with zero attached hydrogens (tertiary/aromatic N) is 1. The Kier molecular flexibility index (Phi) is 5.57. The van der Waals surface area contributed by atoms with E-state index in [4.69, 9.17) is 0 Å². The first kappa shape index (κ1) is 17.5. The number of nitrogens with one attached hydrogen (secondary N) is 2. The number of amides is 2. The van der Waals surface area contributed by atoms with Crippen LogP contribution in [-0.2, 0) is 9.59 Å². The zero-order valence-electron chi connectivity index (χ0n) is 13.3. The molecule has 0 bridgehead atoms. The highest BCUT2D eigenvalue weighted by Crippen LogP contribution is 2.21. The monoisotopic (exact) mass is 333 g/mol. The first-order valence-electron chi connectivity index (χ1n) is 7.39. The highest BCUT2D eigenvalue weighted by molar-refractivity contribution is 6.39. The quantitative estimate of drug-likeness (QED) is 0.845. The van der Waals surface area contributed by atoms with Crippen molar-refractivity contribution in [2.75, 3.05) is 5.32 Å². The normalized spacial score (nSPS) is 11.7. The fourth-order valence-electron chi connectivity index (χ4n) is 2.18. The van der Waals surface area contributed by atoms with Crippen LogP contribution in [0.5, 0.6) is 0 Å². The summed E-state index contributed by atoms with van der Waals surface area (Å²) in [5, 5.41) is 4.85. The molecule has 1 aromatic carbocycles. The molecule has 0 saturated heterocycles. The van der Waals surface area contributed by atoms with Gasteiger partial charge in [-0.15, -0.1) is 0 Å². The van der Waals surface area contributed by atoms with E-state index in [1.165, 1.54) is 6.20 Å². The molecule has 0 saturated carbocycles. The summed E-state index contributed by atoms with van der Waals surface area (Å²) in [7, 11) is 0. The third-order valence-corrected chi connectivity index (χ3v) is 3.54. The number of anilines is 1. The van der Waals surface area contributed by atoms with Crippen molar-refractivity contribution in [1.82, 2.24) is 10.3 Å². The molecule has 126 valence electrons. The molecule has 2 N–H and O–H groups in total. The molecule has 0 fully saturated rings. The number of aromatic nitrogens is 1. The van der Waals surface area contributed by atoms with Crippen LogP contribution < -0.4 is 10.6 Å². The number of benzene rings is 1. The van der Waals surface area contributed by atoms with E-state index in [1.807, 2.05) is 0 Å². The van der Waals surface area contributed by atoms with Gasteiger partial charge in [-0.05, 0) is 43.2 Å². The van der Waals surface area contributed by atoms with Crippen molar-refractivity contribution in [2.45, 2.75) is 26.3 Å². The van der Waals surface area contributed by atoms with Gasteiger partial charge >= 0.3 is 11.8 Å². The molecular formula is C17H17F2N3O2. The van der Waals surface area contributed by atoms with Gasteiger partial charge in [0.2, 0.25) is 0 Å². The maximum atomic E-state index is 13.8. The van der Waals surface area contributed by atoms with E-state index in [9.17, 15) is 18.4 Å². The van der Waals surface area contributed by atoms with E-state index in [1.54, 1.807) is 26.1 Å². The molecule has 0 aliphatic carbocycles. The average Bonchev–Trinajstić information content (AvgIpc) is 2.56. The fourth-order valence-corrected chi connectivity index (χ4v) is 2.18. The Morgan fingerprint density at radius 2 is 1.96 bits per heavy atom. The number of aryl methyl sites for hydroxylation is 1. The lowest BCUT2D eigenvalue weighted by Crippen LogP contribution is -2.38. The average molecular weight is 333 g/mol. The highest BCUT2D eigenvalue weighted by Gasteiger charge is 2.22. The molecule has 0 unspecified atom stereocenters. The number of rotatable bonds is 4. The van der Waals surface area contributed by atoms with Crippen molar-refractivity contribution in [1.29, 1.82) is 0 Å². The Morgan fingerprint density at radius 3 is 2.62 bits per heavy atom. The SMILES string of the molecule is CC[C@@H](NC(=O)C(=O)Nc1cnccc1C)c1cc(F)ccc1F. The lowest BCUT2D eigenvalue weighted by molar-refractivity contribution is -0.136. The second-order valence-corrected chi connectivity index (χ2v) is 5.24. The number of hydrogen-bond acceptors (Lipinski definition) is 3. The summed E-state index contributed by atoms with van der Waals surface area (Å²) in [5.74, 6) is -3.10. The molecule has 0 radical (unpaired) electrons. The summed E-state index contributed by atoms with van der Waals surface area (Å²) in [6.45, 7) is 3.45. The molecule has 1 aromatic heterocycles. The first-order chi connectivity index (χ1) is 11.4. The van der Waals surface area contributed by atoms with Gasteiger partial charge in [0.15, 0.2) is 0 Å². The van der Waals surface area contributed by atoms with Crippen molar-refractivity contribution < 1.29 is 18.4 Å². The minimum atomic E-state index is -0.936. The van der Waals surface area contributed by atoms with Crippen LogP contribution in [0, 0.1) is 18.6 Å². The lowest BCUT2D eigenvalue weighted by atomic mass is 10.0. The summed E-state index contributed by atoms with van der Waals surface area (Å²) in [6.07, 6.45) is 3.28. The summed E-state index contributed by atoms with van der Waals surface area (Å²) in [6, 6.07) is 3.86. The first-order valence-corrected chi connectivity index (χ1v) is 7.39. The molecule has 24 heavy (non-hydrogen) atoms. The summed E-state index contributed by atoms with van der Waals surface area (Å²) >= 11 is 0. The van der Waals surface area contributed by atoms with Crippen molar-refractivity contribution in [2.24, 2.45) is 0 Å². The topological polar surface area (TPSA) is 71.1 Å². The second-order valence-electron chi connectivity index (χ2n) is 5.24. The predicted octanol–water partition coefficient (Wildman–Crippen LogP) is 2.87. The molecule has 2 amide bonds. The van der Waals surface area contributed by atoms with Gasteiger partial charge in [-0.1, -0.05) is 6.92 Å². The van der Waals surface area contributed by atoms with E-state index in [0.29, 0.717) is 12.1 Å². The third kappa shape index (κ3) is 4.13. The standard InChI is InChI=1S/C17H17F2N3O2/c1-3-14(12-8-11(18)4-5-13(12)19)21-16(23)17(24)22-15-9-20-7-6-10(15)2/h4-9,14H,3H2,1-2H3,(H,21,23)(H,22,24)/t14-/m1/s1. The van der Waals surface area contributed by atoms with E-state index in [2.05, 4.69) is 15.6 Å². The Labute approximate surface area is 138 Å². The van der Waals surface area contributed by atoms with Crippen LogP contribution in [-0.4, -0.2) is 16.8 Å². The van der Waals surface area contributed by atoms with Crippen molar-refractivity contribution in [3.8, 4) is 0 Å². The Bertz CT molecular complexity index is 765. The lowest BCUT2D eigenvalue weighted by Gasteiger charge is -2.18. The minimum absolute atomic E-state index is 0.00351. The molecular weight excluding hydrogens is 316 g/mol. The van der Waals surface area contributed by atoms with E-state index < -0.39 is 29.5 Å². The number of hydrogen-bond donors (Lipinski definition) is 2. The van der Waals surface area contributed by atoms with Crippen LogP contribution >= 0.6 is 0 Å². The van der Waals surface area contributed by atoms with Crippen molar-refractivity contribution >= 4 is 17.5 Å². The zero-order chi connectivity index (χ0) is 17.7. The molecule has 0 aliphatic rings. The Hall–Kier alpha value is -2.83. The summed E-state index contributed by atoms with van der Waals surface area (Å²) in [4.78, 5) is 27.9. The smallest absolute Gasteiger partial charge is 0.313 e. The molecule has 1 heterocycles. The molecule has 7 heteroatoms. The summed E-state index contributed by atoms with van der Waals surface area (Å²) in [5.41, 5.74) is 1.15. The van der Waals surface area contributed by atoms with Crippen LogP contribution in [0.25, 0.3) is 0 Å². The van der Waals surface area contributed by atoms with E-state index in [0.717, 1.165) is 23.8 Å². The molecule has 2 aromatic rings. The van der Waals surface area contributed by atoms with Gasteiger partial charge in [0, 0.05) is 11.8 Å². The van der Waals surface area contributed by atoms with Crippen LogP contribution in [0.3, 0.4) is 0 Å². The predicted molar refractivity (Wildman–Crippen MR) is 85.1 cm³/mol. The summed E-state index contributed by atoms with van der Waals surface area (Å²) < 4.78 is 27.1. The number of halogens is 2. The fraction of sp³-hybridized carbons (Fsp3) is 0.235. The molecule has 1 atom stereocenters. The molecule has 5 nitrogen and oxygen atoms in total. The number of pyridine rings is 1. The van der Waals surface area contributed by atoms with Crippen molar-refractivity contribution in [3.63, 3.8) is 0 Å². The number of carbonyl (C=O) groups is 2. The molecule has 0 spiro atoms. The van der Waals surface area contributed by atoms with E-state index in [-0.39, 0.29) is 5.56 Å². The maximum Gasteiger partial charge on any atom is 0.313 e. The molecule has 0 aliphatic heterocycles. The van der Waals surface area contributed by atoms with Crippen LogP contribution in [0.1, 0.15) is 30.5 Å². The van der Waals surface area contributed by atoms with E-state index >= 15 is 0 Å². The van der Waals surface area contributed by atoms with Gasteiger partial charge in [-0.2, -0.15) is 0 Å².